The van der Waals surface area contributed by atoms with Gasteiger partial charge in [0.05, 0.1) is 0 Å². The van der Waals surface area contributed by atoms with Crippen LogP contribution in [0.25, 0.3) is 0 Å². The SMILES string of the molecule is CCN(CC)CC1CCN(C(=O)CC2CC3CCC(C2)N3)C1. The van der Waals surface area contributed by atoms with Crippen LogP contribution >= 0.6 is 0 Å². The van der Waals surface area contributed by atoms with E-state index in [1.807, 2.05) is 0 Å². The molecular formula is C18H33N3O. The van der Waals surface area contributed by atoms with Gasteiger partial charge in [0.25, 0.3) is 0 Å². The van der Waals surface area contributed by atoms with Gasteiger partial charge in [-0.15, -0.1) is 0 Å². The monoisotopic (exact) mass is 307 g/mol. The van der Waals surface area contributed by atoms with E-state index in [0.29, 0.717) is 29.8 Å². The van der Waals surface area contributed by atoms with Crippen LogP contribution in [0, 0.1) is 11.8 Å². The molecule has 126 valence electrons. The second kappa shape index (κ2) is 7.31. The molecule has 22 heavy (non-hydrogen) atoms. The van der Waals surface area contributed by atoms with Crippen LogP contribution in [-0.4, -0.2) is 60.5 Å². The van der Waals surface area contributed by atoms with Gasteiger partial charge in [0.1, 0.15) is 0 Å². The molecule has 0 aromatic heterocycles. The van der Waals surface area contributed by atoms with Crippen LogP contribution in [0.1, 0.15) is 52.4 Å². The van der Waals surface area contributed by atoms with Gasteiger partial charge >= 0.3 is 0 Å². The molecule has 0 radical (unpaired) electrons. The van der Waals surface area contributed by atoms with E-state index in [-0.39, 0.29) is 0 Å². The van der Waals surface area contributed by atoms with Crippen LogP contribution in [0.5, 0.6) is 0 Å². The average molecular weight is 307 g/mol. The predicted molar refractivity (Wildman–Crippen MR) is 89.8 cm³/mol. The highest BCUT2D eigenvalue weighted by molar-refractivity contribution is 5.76. The number of amides is 1. The van der Waals surface area contributed by atoms with E-state index in [4.69, 9.17) is 0 Å². The number of rotatable bonds is 6. The Hall–Kier alpha value is -0.610. The molecule has 1 amide bonds. The van der Waals surface area contributed by atoms with Gasteiger partial charge in [0.2, 0.25) is 5.91 Å². The molecule has 3 unspecified atom stereocenters. The van der Waals surface area contributed by atoms with Crippen molar-refractivity contribution < 1.29 is 4.79 Å². The lowest BCUT2D eigenvalue weighted by atomic mass is 9.89. The van der Waals surface area contributed by atoms with Gasteiger partial charge in [-0.25, -0.2) is 0 Å². The van der Waals surface area contributed by atoms with E-state index in [1.165, 1.54) is 32.1 Å². The van der Waals surface area contributed by atoms with Crippen molar-refractivity contribution in [3.63, 3.8) is 0 Å². The summed E-state index contributed by atoms with van der Waals surface area (Å²) in [5.74, 6) is 1.74. The first-order valence-corrected chi connectivity index (χ1v) is 9.44. The molecule has 3 aliphatic rings. The van der Waals surface area contributed by atoms with Crippen molar-refractivity contribution >= 4 is 5.91 Å². The lowest BCUT2D eigenvalue weighted by molar-refractivity contribution is -0.131. The van der Waals surface area contributed by atoms with Crippen LogP contribution in [0.2, 0.25) is 0 Å². The largest absolute Gasteiger partial charge is 0.342 e. The first kappa shape index (κ1) is 16.3. The van der Waals surface area contributed by atoms with Crippen molar-refractivity contribution in [1.29, 1.82) is 0 Å². The van der Waals surface area contributed by atoms with Crippen molar-refractivity contribution in [1.82, 2.24) is 15.1 Å². The fraction of sp³-hybridized carbons (Fsp3) is 0.944. The standard InChI is InChI=1S/C18H33N3O/c1-3-20(4-2)12-14-7-8-21(13-14)18(22)11-15-9-16-5-6-17(10-15)19-16/h14-17,19H,3-13H2,1-2H3. The summed E-state index contributed by atoms with van der Waals surface area (Å²) in [6.07, 6.45) is 7.08. The van der Waals surface area contributed by atoms with Gasteiger partial charge in [-0.3, -0.25) is 4.79 Å². The van der Waals surface area contributed by atoms with Crippen molar-refractivity contribution in [2.24, 2.45) is 11.8 Å². The van der Waals surface area contributed by atoms with E-state index in [2.05, 4.69) is 29.0 Å². The van der Waals surface area contributed by atoms with Gasteiger partial charge in [-0.1, -0.05) is 13.8 Å². The fourth-order valence-electron chi connectivity index (χ4n) is 4.77. The molecule has 0 spiro atoms. The Kier molecular flexibility index (Phi) is 5.40. The number of fused-ring (bicyclic) bond motifs is 2. The smallest absolute Gasteiger partial charge is 0.222 e. The maximum atomic E-state index is 12.6. The van der Waals surface area contributed by atoms with Crippen molar-refractivity contribution in [2.45, 2.75) is 64.5 Å². The molecule has 2 bridgehead atoms. The van der Waals surface area contributed by atoms with Crippen molar-refractivity contribution in [3.8, 4) is 0 Å². The first-order valence-electron chi connectivity index (χ1n) is 9.44. The number of carbonyl (C=O) groups excluding carboxylic acids is 1. The average Bonchev–Trinajstić information content (AvgIpc) is 3.11. The highest BCUT2D eigenvalue weighted by Gasteiger charge is 2.35. The molecule has 4 heteroatoms. The number of nitrogens with one attached hydrogen (secondary N) is 1. The van der Waals surface area contributed by atoms with E-state index in [9.17, 15) is 4.79 Å². The third-order valence-electron chi connectivity index (χ3n) is 6.08. The Morgan fingerprint density at radius 2 is 1.77 bits per heavy atom. The maximum Gasteiger partial charge on any atom is 0.222 e. The van der Waals surface area contributed by atoms with Crippen LogP contribution in [-0.2, 0) is 4.79 Å². The summed E-state index contributed by atoms with van der Waals surface area (Å²) in [7, 11) is 0. The molecular weight excluding hydrogens is 274 g/mol. The molecule has 0 aliphatic carbocycles. The Morgan fingerprint density at radius 3 is 2.41 bits per heavy atom. The normalized spacial score (nSPS) is 34.6. The van der Waals surface area contributed by atoms with Gasteiger partial charge in [-0.2, -0.15) is 0 Å². The predicted octanol–water partition coefficient (Wildman–Crippen LogP) is 2.10. The summed E-state index contributed by atoms with van der Waals surface area (Å²) in [4.78, 5) is 17.2. The first-order chi connectivity index (χ1) is 10.7. The Bertz CT molecular complexity index is 371. The third-order valence-corrected chi connectivity index (χ3v) is 6.08. The highest BCUT2D eigenvalue weighted by Crippen LogP contribution is 2.33. The number of hydrogen-bond donors (Lipinski definition) is 1. The molecule has 0 aromatic rings. The zero-order valence-corrected chi connectivity index (χ0v) is 14.4. The lowest BCUT2D eigenvalue weighted by Crippen LogP contribution is -2.40. The minimum absolute atomic E-state index is 0.424. The topological polar surface area (TPSA) is 35.6 Å². The van der Waals surface area contributed by atoms with Gasteiger partial charge in [-0.05, 0) is 57.0 Å². The summed E-state index contributed by atoms with van der Waals surface area (Å²) in [5.41, 5.74) is 0. The highest BCUT2D eigenvalue weighted by atomic mass is 16.2. The van der Waals surface area contributed by atoms with Crippen LogP contribution in [0.3, 0.4) is 0 Å². The number of carbonyl (C=O) groups is 1. The van der Waals surface area contributed by atoms with Crippen LogP contribution in [0.4, 0.5) is 0 Å². The molecule has 3 heterocycles. The van der Waals surface area contributed by atoms with E-state index < -0.39 is 0 Å². The molecule has 0 saturated carbocycles. The molecule has 3 fully saturated rings. The van der Waals surface area contributed by atoms with E-state index >= 15 is 0 Å². The minimum atomic E-state index is 0.424. The Morgan fingerprint density at radius 1 is 1.09 bits per heavy atom. The summed E-state index contributed by atoms with van der Waals surface area (Å²) in [6.45, 7) is 9.85. The number of hydrogen-bond acceptors (Lipinski definition) is 3. The molecule has 3 atom stereocenters. The van der Waals surface area contributed by atoms with Gasteiger partial charge in [0, 0.05) is 38.1 Å². The van der Waals surface area contributed by atoms with Crippen molar-refractivity contribution in [2.75, 3.05) is 32.7 Å². The minimum Gasteiger partial charge on any atom is -0.342 e. The summed E-state index contributed by atoms with van der Waals surface area (Å²) >= 11 is 0. The molecule has 1 N–H and O–H groups in total. The molecule has 3 rings (SSSR count). The Labute approximate surface area is 135 Å². The second-order valence-electron chi connectivity index (χ2n) is 7.66. The number of piperidine rings is 1. The maximum absolute atomic E-state index is 12.6. The quantitative estimate of drug-likeness (QED) is 0.816. The van der Waals surface area contributed by atoms with Gasteiger partial charge in [0.15, 0.2) is 0 Å². The summed E-state index contributed by atoms with van der Waals surface area (Å²) in [5, 5.41) is 3.67. The molecule has 3 saturated heterocycles. The van der Waals surface area contributed by atoms with Gasteiger partial charge < -0.3 is 15.1 Å². The van der Waals surface area contributed by atoms with Crippen LogP contribution < -0.4 is 5.32 Å². The third kappa shape index (κ3) is 3.83. The molecule has 0 aromatic carbocycles. The summed E-state index contributed by atoms with van der Waals surface area (Å²) in [6, 6.07) is 1.40. The van der Waals surface area contributed by atoms with E-state index in [0.717, 1.165) is 39.1 Å². The van der Waals surface area contributed by atoms with Crippen LogP contribution in [0.15, 0.2) is 0 Å². The number of nitrogens with zero attached hydrogens (tertiary/aromatic N) is 2. The summed E-state index contributed by atoms with van der Waals surface area (Å²) < 4.78 is 0. The molecule has 3 aliphatic heterocycles. The van der Waals surface area contributed by atoms with E-state index in [1.54, 1.807) is 0 Å². The zero-order chi connectivity index (χ0) is 15.5. The lowest BCUT2D eigenvalue weighted by Gasteiger charge is -2.30. The molecule has 4 nitrogen and oxygen atoms in total. The van der Waals surface area contributed by atoms with Crippen molar-refractivity contribution in [3.05, 3.63) is 0 Å². The fourth-order valence-corrected chi connectivity index (χ4v) is 4.77. The number of likely N-dealkylation sites (tertiary alicyclic amines) is 1. The second-order valence-corrected chi connectivity index (χ2v) is 7.66. The zero-order valence-electron chi connectivity index (χ0n) is 14.4. The Balaban J connectivity index is 1.43.